The van der Waals surface area contributed by atoms with Crippen molar-refractivity contribution in [1.29, 1.82) is 0 Å². The van der Waals surface area contributed by atoms with Crippen molar-refractivity contribution in [2.75, 3.05) is 26.2 Å². The molecule has 3 amide bonds. The van der Waals surface area contributed by atoms with Crippen LogP contribution in [0, 0.1) is 5.92 Å². The van der Waals surface area contributed by atoms with Gasteiger partial charge in [-0.1, -0.05) is 26.8 Å². The third kappa shape index (κ3) is 6.41. The van der Waals surface area contributed by atoms with Crippen molar-refractivity contribution < 1.29 is 14.3 Å². The van der Waals surface area contributed by atoms with Gasteiger partial charge in [-0.25, -0.2) is 4.79 Å². The number of primary amides is 1. The normalized spacial score (nSPS) is 15.5. The molecule has 0 spiro atoms. The zero-order valence-electron chi connectivity index (χ0n) is 16.4. The standard InChI is InChI=1S/C20H30BrN3O3/c1-20(2,3)15-5-6-17(16(21)13-15)27-12-4-9-23-19(26)24-10-7-14(8-11-24)18(22)25/h5-6,13-14H,4,7-12H2,1-3H3,(H2,22,25)(H,23,26). The van der Waals surface area contributed by atoms with Crippen LogP contribution in [0.3, 0.4) is 0 Å². The molecule has 1 aromatic rings. The predicted molar refractivity (Wildman–Crippen MR) is 110 cm³/mol. The van der Waals surface area contributed by atoms with Crippen LogP contribution in [0.4, 0.5) is 4.79 Å². The third-order valence-electron chi connectivity index (χ3n) is 4.84. The van der Waals surface area contributed by atoms with E-state index < -0.39 is 0 Å². The third-order valence-corrected chi connectivity index (χ3v) is 5.46. The Kier molecular flexibility index (Phi) is 7.53. The highest BCUT2D eigenvalue weighted by atomic mass is 79.9. The fourth-order valence-corrected chi connectivity index (χ4v) is 3.51. The van der Waals surface area contributed by atoms with Gasteiger partial charge in [0.05, 0.1) is 11.1 Å². The highest BCUT2D eigenvalue weighted by Gasteiger charge is 2.25. The topological polar surface area (TPSA) is 84.7 Å². The molecule has 150 valence electrons. The molecule has 0 unspecified atom stereocenters. The molecule has 1 aliphatic rings. The maximum Gasteiger partial charge on any atom is 0.317 e. The van der Waals surface area contributed by atoms with Crippen LogP contribution in [-0.4, -0.2) is 43.1 Å². The van der Waals surface area contributed by atoms with Crippen LogP contribution in [0.1, 0.15) is 45.6 Å². The van der Waals surface area contributed by atoms with Gasteiger partial charge in [0.15, 0.2) is 0 Å². The molecular weight excluding hydrogens is 410 g/mol. The second kappa shape index (κ2) is 9.44. The molecule has 1 aromatic carbocycles. The summed E-state index contributed by atoms with van der Waals surface area (Å²) in [6.07, 6.45) is 2.01. The van der Waals surface area contributed by atoms with Crippen molar-refractivity contribution in [3.63, 3.8) is 0 Å². The van der Waals surface area contributed by atoms with E-state index in [-0.39, 0.29) is 23.3 Å². The van der Waals surface area contributed by atoms with Gasteiger partial charge < -0.3 is 20.7 Å². The average Bonchev–Trinajstić information content (AvgIpc) is 2.61. The van der Waals surface area contributed by atoms with E-state index in [2.05, 4.69) is 54.2 Å². The number of nitrogens with two attached hydrogens (primary N) is 1. The molecule has 3 N–H and O–H groups in total. The van der Waals surface area contributed by atoms with Gasteiger partial charge in [0.1, 0.15) is 5.75 Å². The highest BCUT2D eigenvalue weighted by Crippen LogP contribution is 2.31. The lowest BCUT2D eigenvalue weighted by Crippen LogP contribution is -2.46. The number of nitrogens with one attached hydrogen (secondary N) is 1. The predicted octanol–water partition coefficient (Wildman–Crippen LogP) is 3.42. The molecule has 1 fully saturated rings. The number of rotatable bonds is 6. The molecule has 0 atom stereocenters. The van der Waals surface area contributed by atoms with E-state index >= 15 is 0 Å². The molecule has 0 radical (unpaired) electrons. The summed E-state index contributed by atoms with van der Waals surface area (Å²) in [6.45, 7) is 8.74. The van der Waals surface area contributed by atoms with Crippen LogP contribution in [0.5, 0.6) is 5.75 Å². The molecule has 6 nitrogen and oxygen atoms in total. The number of halogens is 1. The zero-order valence-corrected chi connectivity index (χ0v) is 18.0. The summed E-state index contributed by atoms with van der Waals surface area (Å²) in [5.41, 5.74) is 6.65. The number of carbonyl (C=O) groups excluding carboxylic acids is 2. The Morgan fingerprint density at radius 1 is 1.30 bits per heavy atom. The molecule has 0 saturated carbocycles. The van der Waals surface area contributed by atoms with Crippen LogP contribution < -0.4 is 15.8 Å². The number of hydrogen-bond donors (Lipinski definition) is 2. The van der Waals surface area contributed by atoms with Crippen LogP contribution >= 0.6 is 15.9 Å². The number of carbonyl (C=O) groups is 2. The molecule has 0 bridgehead atoms. The largest absolute Gasteiger partial charge is 0.492 e. The van der Waals surface area contributed by atoms with Crippen LogP contribution in [-0.2, 0) is 10.2 Å². The summed E-state index contributed by atoms with van der Waals surface area (Å²) in [7, 11) is 0. The van der Waals surface area contributed by atoms with Gasteiger partial charge in [0, 0.05) is 25.6 Å². The maximum absolute atomic E-state index is 12.1. The molecule has 0 aromatic heterocycles. The fourth-order valence-electron chi connectivity index (χ4n) is 3.01. The minimum atomic E-state index is -0.270. The Morgan fingerprint density at radius 2 is 1.96 bits per heavy atom. The first-order chi connectivity index (χ1) is 12.7. The molecule has 7 heteroatoms. The highest BCUT2D eigenvalue weighted by molar-refractivity contribution is 9.10. The summed E-state index contributed by atoms with van der Waals surface area (Å²) < 4.78 is 6.75. The molecular formula is C20H30BrN3O3. The zero-order chi connectivity index (χ0) is 20.0. The number of piperidine rings is 1. The molecule has 1 saturated heterocycles. The lowest BCUT2D eigenvalue weighted by atomic mass is 9.87. The molecule has 27 heavy (non-hydrogen) atoms. The summed E-state index contributed by atoms with van der Waals surface area (Å²) in [4.78, 5) is 25.1. The lowest BCUT2D eigenvalue weighted by molar-refractivity contribution is -0.123. The molecule has 1 heterocycles. The monoisotopic (exact) mass is 439 g/mol. The summed E-state index contributed by atoms with van der Waals surface area (Å²) in [6, 6.07) is 6.06. The number of likely N-dealkylation sites (tertiary alicyclic amines) is 1. The second-order valence-corrected chi connectivity index (χ2v) is 8.85. The number of nitrogens with zero attached hydrogens (tertiary/aromatic N) is 1. The van der Waals surface area contributed by atoms with Gasteiger partial charge in [0.2, 0.25) is 5.91 Å². The van der Waals surface area contributed by atoms with Crippen molar-refractivity contribution in [3.05, 3.63) is 28.2 Å². The lowest BCUT2D eigenvalue weighted by Gasteiger charge is -2.30. The first kappa shape index (κ1) is 21.5. The minimum Gasteiger partial charge on any atom is -0.492 e. The Bertz CT molecular complexity index is 665. The average molecular weight is 440 g/mol. The van der Waals surface area contributed by atoms with Gasteiger partial charge in [-0.15, -0.1) is 0 Å². The Hall–Kier alpha value is -1.76. The van der Waals surface area contributed by atoms with Crippen molar-refractivity contribution in [3.8, 4) is 5.75 Å². The van der Waals surface area contributed by atoms with Crippen molar-refractivity contribution in [2.24, 2.45) is 11.7 Å². The van der Waals surface area contributed by atoms with E-state index in [4.69, 9.17) is 10.5 Å². The second-order valence-electron chi connectivity index (χ2n) is 7.99. The van der Waals surface area contributed by atoms with E-state index in [1.54, 1.807) is 4.90 Å². The summed E-state index contributed by atoms with van der Waals surface area (Å²) in [5.74, 6) is 0.433. The quantitative estimate of drug-likeness (QED) is 0.665. The molecule has 0 aliphatic carbocycles. The van der Waals surface area contributed by atoms with Gasteiger partial charge in [-0.05, 0) is 58.3 Å². The van der Waals surface area contributed by atoms with E-state index in [0.29, 0.717) is 39.1 Å². The van der Waals surface area contributed by atoms with Gasteiger partial charge in [0.25, 0.3) is 0 Å². The van der Waals surface area contributed by atoms with Crippen LogP contribution in [0.15, 0.2) is 22.7 Å². The smallest absolute Gasteiger partial charge is 0.317 e. The van der Waals surface area contributed by atoms with E-state index in [9.17, 15) is 9.59 Å². The molecule has 2 rings (SSSR count). The van der Waals surface area contributed by atoms with Crippen LogP contribution in [0.2, 0.25) is 0 Å². The first-order valence-corrected chi connectivity index (χ1v) is 10.2. The number of amides is 3. The van der Waals surface area contributed by atoms with Gasteiger partial charge >= 0.3 is 6.03 Å². The summed E-state index contributed by atoms with van der Waals surface area (Å²) in [5, 5.41) is 2.91. The van der Waals surface area contributed by atoms with E-state index in [0.717, 1.165) is 16.6 Å². The van der Waals surface area contributed by atoms with Crippen molar-refractivity contribution in [1.82, 2.24) is 10.2 Å². The number of ether oxygens (including phenoxy) is 1. The maximum atomic E-state index is 12.1. The van der Waals surface area contributed by atoms with Crippen LogP contribution in [0.25, 0.3) is 0 Å². The molecule has 1 aliphatic heterocycles. The van der Waals surface area contributed by atoms with E-state index in [1.165, 1.54) is 5.56 Å². The van der Waals surface area contributed by atoms with E-state index in [1.807, 2.05) is 6.07 Å². The fraction of sp³-hybridized carbons (Fsp3) is 0.600. The SMILES string of the molecule is CC(C)(C)c1ccc(OCCCNC(=O)N2CCC(C(N)=O)CC2)c(Br)c1. The first-order valence-electron chi connectivity index (χ1n) is 9.43. The Balaban J connectivity index is 1.67. The van der Waals surface area contributed by atoms with Gasteiger partial charge in [-0.2, -0.15) is 0 Å². The Morgan fingerprint density at radius 3 is 2.52 bits per heavy atom. The minimum absolute atomic E-state index is 0.0892. The summed E-state index contributed by atoms with van der Waals surface area (Å²) >= 11 is 3.56. The number of urea groups is 1. The van der Waals surface area contributed by atoms with Crippen molar-refractivity contribution in [2.45, 2.75) is 45.4 Å². The van der Waals surface area contributed by atoms with Gasteiger partial charge in [-0.3, -0.25) is 4.79 Å². The van der Waals surface area contributed by atoms with Crippen molar-refractivity contribution >= 4 is 27.9 Å². The Labute approximate surface area is 169 Å². The number of hydrogen-bond acceptors (Lipinski definition) is 3. The number of benzene rings is 1.